The van der Waals surface area contributed by atoms with E-state index in [4.69, 9.17) is 4.74 Å². The lowest BCUT2D eigenvalue weighted by Crippen LogP contribution is -2.18. The van der Waals surface area contributed by atoms with Crippen molar-refractivity contribution >= 4 is 12.6 Å². The minimum atomic E-state index is -0.844. The maximum Gasteiger partial charge on any atom is 0.105 e. The van der Waals surface area contributed by atoms with Crippen LogP contribution in [0.4, 0.5) is 0 Å². The minimum absolute atomic E-state index is 0.476. The molecule has 1 aromatic rings. The van der Waals surface area contributed by atoms with E-state index in [-0.39, 0.29) is 0 Å². The van der Waals surface area contributed by atoms with Crippen molar-refractivity contribution in [3.63, 3.8) is 0 Å². The van der Waals surface area contributed by atoms with Gasteiger partial charge in [0.2, 0.25) is 0 Å². The second kappa shape index (κ2) is 6.91. The third-order valence-corrected chi connectivity index (χ3v) is 2.68. The van der Waals surface area contributed by atoms with Crippen LogP contribution < -0.4 is 0 Å². The van der Waals surface area contributed by atoms with E-state index in [1.165, 1.54) is 0 Å². The first-order chi connectivity index (χ1) is 7.69. The Morgan fingerprint density at radius 1 is 1.25 bits per heavy atom. The molecule has 0 fully saturated rings. The lowest BCUT2D eigenvalue weighted by Gasteiger charge is -2.17. The SMILES string of the molecule is COCc1ccc(C(O)C(O)CCS)cc1. The van der Waals surface area contributed by atoms with E-state index in [1.807, 2.05) is 12.1 Å². The van der Waals surface area contributed by atoms with Gasteiger partial charge in [-0.15, -0.1) is 0 Å². The Labute approximate surface area is 101 Å². The molecule has 2 N–H and O–H groups in total. The molecule has 0 aromatic heterocycles. The van der Waals surface area contributed by atoms with E-state index in [9.17, 15) is 10.2 Å². The minimum Gasteiger partial charge on any atom is -0.390 e. The summed E-state index contributed by atoms with van der Waals surface area (Å²) >= 11 is 4.02. The van der Waals surface area contributed by atoms with Crippen molar-refractivity contribution < 1.29 is 14.9 Å². The van der Waals surface area contributed by atoms with E-state index in [0.29, 0.717) is 24.3 Å². The van der Waals surface area contributed by atoms with Gasteiger partial charge < -0.3 is 14.9 Å². The van der Waals surface area contributed by atoms with Crippen molar-refractivity contribution in [2.24, 2.45) is 0 Å². The first kappa shape index (κ1) is 13.5. The monoisotopic (exact) mass is 242 g/mol. The number of ether oxygens (including phenoxy) is 1. The van der Waals surface area contributed by atoms with E-state index in [1.54, 1.807) is 19.2 Å². The van der Waals surface area contributed by atoms with Crippen molar-refractivity contribution in [1.29, 1.82) is 0 Å². The van der Waals surface area contributed by atoms with Crippen LogP contribution in [0, 0.1) is 0 Å². The quantitative estimate of drug-likeness (QED) is 0.663. The summed E-state index contributed by atoms with van der Waals surface area (Å²) in [6.07, 6.45) is -1.13. The van der Waals surface area contributed by atoms with E-state index in [0.717, 1.165) is 5.56 Å². The van der Waals surface area contributed by atoms with Crippen molar-refractivity contribution in [1.82, 2.24) is 0 Å². The molecule has 0 aliphatic heterocycles. The summed E-state index contributed by atoms with van der Waals surface area (Å²) in [5.41, 5.74) is 1.76. The van der Waals surface area contributed by atoms with Gasteiger partial charge in [0.15, 0.2) is 0 Å². The number of hydrogen-bond donors (Lipinski definition) is 3. The van der Waals surface area contributed by atoms with Crippen LogP contribution in [0.1, 0.15) is 23.7 Å². The zero-order valence-corrected chi connectivity index (χ0v) is 10.2. The van der Waals surface area contributed by atoms with Gasteiger partial charge in [0, 0.05) is 7.11 Å². The van der Waals surface area contributed by atoms with Gasteiger partial charge in [-0.25, -0.2) is 0 Å². The molecule has 2 atom stereocenters. The molecule has 0 amide bonds. The second-order valence-electron chi connectivity index (χ2n) is 3.70. The highest BCUT2D eigenvalue weighted by Gasteiger charge is 2.17. The van der Waals surface area contributed by atoms with Crippen LogP contribution in [0.3, 0.4) is 0 Å². The van der Waals surface area contributed by atoms with E-state index in [2.05, 4.69) is 12.6 Å². The van der Waals surface area contributed by atoms with Gasteiger partial charge in [-0.2, -0.15) is 12.6 Å². The summed E-state index contributed by atoms with van der Waals surface area (Å²) in [4.78, 5) is 0. The van der Waals surface area contributed by atoms with Gasteiger partial charge in [-0.3, -0.25) is 0 Å². The molecule has 0 aliphatic rings. The van der Waals surface area contributed by atoms with Gasteiger partial charge in [-0.05, 0) is 23.3 Å². The molecule has 2 unspecified atom stereocenters. The topological polar surface area (TPSA) is 49.7 Å². The van der Waals surface area contributed by atoms with Crippen molar-refractivity contribution in [2.75, 3.05) is 12.9 Å². The Balaban J connectivity index is 2.65. The molecule has 0 radical (unpaired) electrons. The zero-order valence-electron chi connectivity index (χ0n) is 9.34. The summed E-state index contributed by atoms with van der Waals surface area (Å²) in [6, 6.07) is 7.38. The van der Waals surface area contributed by atoms with Gasteiger partial charge >= 0.3 is 0 Å². The van der Waals surface area contributed by atoms with Crippen LogP contribution in [0.5, 0.6) is 0 Å². The van der Waals surface area contributed by atoms with E-state index < -0.39 is 12.2 Å². The van der Waals surface area contributed by atoms with Crippen molar-refractivity contribution in [2.45, 2.75) is 25.2 Å². The smallest absolute Gasteiger partial charge is 0.105 e. The number of aliphatic hydroxyl groups is 2. The summed E-state index contributed by atoms with van der Waals surface area (Å²) in [6.45, 7) is 0.551. The van der Waals surface area contributed by atoms with Crippen LogP contribution >= 0.6 is 12.6 Å². The van der Waals surface area contributed by atoms with Crippen LogP contribution in [0.15, 0.2) is 24.3 Å². The molecule has 0 saturated carbocycles. The Hall–Kier alpha value is -0.550. The maximum absolute atomic E-state index is 9.83. The molecule has 90 valence electrons. The average Bonchev–Trinajstić information content (AvgIpc) is 2.30. The molecular formula is C12H18O3S. The number of aliphatic hydroxyl groups excluding tert-OH is 2. The molecule has 0 heterocycles. The van der Waals surface area contributed by atoms with E-state index >= 15 is 0 Å². The molecule has 4 heteroatoms. The molecule has 16 heavy (non-hydrogen) atoms. The predicted molar refractivity (Wildman–Crippen MR) is 66.6 cm³/mol. The fourth-order valence-electron chi connectivity index (χ4n) is 1.49. The molecule has 3 nitrogen and oxygen atoms in total. The Morgan fingerprint density at radius 2 is 1.88 bits per heavy atom. The molecule has 1 aromatic carbocycles. The number of thiol groups is 1. The molecule has 0 aliphatic carbocycles. The fourth-order valence-corrected chi connectivity index (χ4v) is 1.75. The number of benzene rings is 1. The van der Waals surface area contributed by atoms with Gasteiger partial charge in [-0.1, -0.05) is 24.3 Å². The Morgan fingerprint density at radius 3 is 2.38 bits per heavy atom. The summed E-state index contributed by atoms with van der Waals surface area (Å²) in [5, 5.41) is 19.4. The summed E-state index contributed by atoms with van der Waals surface area (Å²) in [5.74, 6) is 0.556. The Bertz CT molecular complexity index is 300. The van der Waals surface area contributed by atoms with Gasteiger partial charge in [0.25, 0.3) is 0 Å². The second-order valence-corrected chi connectivity index (χ2v) is 4.15. The van der Waals surface area contributed by atoms with Crippen LogP contribution in [0.2, 0.25) is 0 Å². The number of rotatable bonds is 6. The van der Waals surface area contributed by atoms with Crippen LogP contribution in [0.25, 0.3) is 0 Å². The normalized spacial score (nSPS) is 14.8. The molecule has 1 rings (SSSR count). The standard InChI is InChI=1S/C12H18O3S/c1-15-8-9-2-4-10(5-3-9)12(14)11(13)6-7-16/h2-5,11-14,16H,6-8H2,1H3. The highest BCUT2D eigenvalue weighted by atomic mass is 32.1. The largest absolute Gasteiger partial charge is 0.390 e. The molecule has 0 saturated heterocycles. The highest BCUT2D eigenvalue weighted by Crippen LogP contribution is 2.19. The third-order valence-electron chi connectivity index (χ3n) is 2.42. The predicted octanol–water partition coefficient (Wildman–Crippen LogP) is 1.55. The van der Waals surface area contributed by atoms with Crippen molar-refractivity contribution in [3.8, 4) is 0 Å². The number of methoxy groups -OCH3 is 1. The average molecular weight is 242 g/mol. The molecular weight excluding hydrogens is 224 g/mol. The fraction of sp³-hybridized carbons (Fsp3) is 0.500. The Kier molecular flexibility index (Phi) is 5.84. The maximum atomic E-state index is 9.83. The van der Waals surface area contributed by atoms with Crippen LogP contribution in [-0.2, 0) is 11.3 Å². The zero-order chi connectivity index (χ0) is 12.0. The highest BCUT2D eigenvalue weighted by molar-refractivity contribution is 7.80. The first-order valence-corrected chi connectivity index (χ1v) is 5.87. The lowest BCUT2D eigenvalue weighted by atomic mass is 10.0. The number of hydrogen-bond acceptors (Lipinski definition) is 4. The summed E-state index contributed by atoms with van der Waals surface area (Å²) in [7, 11) is 1.64. The first-order valence-electron chi connectivity index (χ1n) is 5.23. The molecule has 0 bridgehead atoms. The molecule has 0 spiro atoms. The van der Waals surface area contributed by atoms with Gasteiger partial charge in [0.1, 0.15) is 6.10 Å². The van der Waals surface area contributed by atoms with Crippen molar-refractivity contribution in [3.05, 3.63) is 35.4 Å². The summed E-state index contributed by atoms with van der Waals surface area (Å²) < 4.78 is 4.99. The lowest BCUT2D eigenvalue weighted by molar-refractivity contribution is 0.0172. The van der Waals surface area contributed by atoms with Crippen LogP contribution in [-0.4, -0.2) is 29.2 Å². The third kappa shape index (κ3) is 3.79. The van der Waals surface area contributed by atoms with Gasteiger partial charge in [0.05, 0.1) is 12.7 Å².